The standard InChI is InChI=1S/C13H24FNO.C2H6/c1-11(2)16-10-13(5-6-13)9-15-7-3-12(14)4-8-15;1-2/h11-12H,3-10H2,1-2H3;1-2H3. The van der Waals surface area contributed by atoms with Crippen LogP contribution in [0.25, 0.3) is 0 Å². The second kappa shape index (κ2) is 7.44. The average molecular weight is 259 g/mol. The third-order valence-corrected chi connectivity index (χ3v) is 3.76. The molecule has 1 saturated carbocycles. The Balaban J connectivity index is 0.000000771. The Kier molecular flexibility index (Phi) is 6.58. The van der Waals surface area contributed by atoms with E-state index in [4.69, 9.17) is 4.74 Å². The third kappa shape index (κ3) is 5.23. The van der Waals surface area contributed by atoms with Crippen LogP contribution in [0.4, 0.5) is 4.39 Å². The number of alkyl halides is 1. The van der Waals surface area contributed by atoms with E-state index in [0.29, 0.717) is 11.5 Å². The molecule has 0 aromatic carbocycles. The molecular weight excluding hydrogens is 229 g/mol. The lowest BCUT2D eigenvalue weighted by Crippen LogP contribution is -2.39. The highest BCUT2D eigenvalue weighted by atomic mass is 19.1. The SMILES string of the molecule is CC.CC(C)OCC1(CN2CCC(F)CC2)CC1. The Morgan fingerprint density at radius 1 is 1.22 bits per heavy atom. The summed E-state index contributed by atoms with van der Waals surface area (Å²) >= 11 is 0. The predicted octanol–water partition coefficient (Wildman–Crippen LogP) is 3.65. The smallest absolute Gasteiger partial charge is 0.103 e. The highest BCUT2D eigenvalue weighted by Gasteiger charge is 2.44. The average Bonchev–Trinajstić information content (AvgIpc) is 3.13. The topological polar surface area (TPSA) is 12.5 Å². The van der Waals surface area contributed by atoms with Crippen LogP contribution in [0.5, 0.6) is 0 Å². The zero-order valence-electron chi connectivity index (χ0n) is 12.5. The van der Waals surface area contributed by atoms with Gasteiger partial charge in [-0.25, -0.2) is 4.39 Å². The number of hydrogen-bond donors (Lipinski definition) is 0. The van der Waals surface area contributed by atoms with Gasteiger partial charge in [-0.15, -0.1) is 0 Å². The van der Waals surface area contributed by atoms with Crippen molar-refractivity contribution >= 4 is 0 Å². The highest BCUT2D eigenvalue weighted by Crippen LogP contribution is 2.47. The number of rotatable bonds is 5. The Morgan fingerprint density at radius 3 is 2.22 bits per heavy atom. The summed E-state index contributed by atoms with van der Waals surface area (Å²) < 4.78 is 18.7. The van der Waals surface area contributed by atoms with Gasteiger partial charge in [0.1, 0.15) is 6.17 Å². The summed E-state index contributed by atoms with van der Waals surface area (Å²) in [5, 5.41) is 0. The number of ether oxygens (including phenoxy) is 1. The summed E-state index contributed by atoms with van der Waals surface area (Å²) in [4.78, 5) is 2.42. The van der Waals surface area contributed by atoms with E-state index >= 15 is 0 Å². The van der Waals surface area contributed by atoms with Crippen molar-refractivity contribution in [3.8, 4) is 0 Å². The van der Waals surface area contributed by atoms with Crippen LogP contribution < -0.4 is 0 Å². The van der Waals surface area contributed by atoms with E-state index in [1.807, 2.05) is 13.8 Å². The van der Waals surface area contributed by atoms with Crippen LogP contribution in [-0.2, 0) is 4.74 Å². The van der Waals surface area contributed by atoms with Crippen LogP contribution in [0, 0.1) is 5.41 Å². The largest absolute Gasteiger partial charge is 0.378 e. The fourth-order valence-electron chi connectivity index (χ4n) is 2.40. The monoisotopic (exact) mass is 259 g/mol. The van der Waals surface area contributed by atoms with E-state index in [1.165, 1.54) is 12.8 Å². The van der Waals surface area contributed by atoms with Crippen molar-refractivity contribution in [1.82, 2.24) is 4.90 Å². The van der Waals surface area contributed by atoms with E-state index in [1.54, 1.807) is 0 Å². The van der Waals surface area contributed by atoms with Gasteiger partial charge in [0.15, 0.2) is 0 Å². The summed E-state index contributed by atoms with van der Waals surface area (Å²) in [6.07, 6.45) is 3.79. The summed E-state index contributed by atoms with van der Waals surface area (Å²) in [6, 6.07) is 0. The highest BCUT2D eigenvalue weighted by molar-refractivity contribution is 4.96. The summed E-state index contributed by atoms with van der Waals surface area (Å²) in [5.74, 6) is 0. The number of likely N-dealkylation sites (tertiary alicyclic amines) is 1. The van der Waals surface area contributed by atoms with Crippen molar-refractivity contribution in [2.45, 2.75) is 65.7 Å². The molecule has 0 amide bonds. The van der Waals surface area contributed by atoms with Crippen molar-refractivity contribution in [3.63, 3.8) is 0 Å². The molecule has 18 heavy (non-hydrogen) atoms. The predicted molar refractivity (Wildman–Crippen MR) is 74.7 cm³/mol. The van der Waals surface area contributed by atoms with Gasteiger partial charge in [-0.3, -0.25) is 0 Å². The van der Waals surface area contributed by atoms with Crippen LogP contribution in [0.15, 0.2) is 0 Å². The number of hydrogen-bond acceptors (Lipinski definition) is 2. The summed E-state index contributed by atoms with van der Waals surface area (Å²) in [7, 11) is 0. The molecule has 0 N–H and O–H groups in total. The van der Waals surface area contributed by atoms with E-state index in [9.17, 15) is 4.39 Å². The summed E-state index contributed by atoms with van der Waals surface area (Å²) in [6.45, 7) is 12.1. The zero-order valence-corrected chi connectivity index (χ0v) is 12.5. The molecule has 2 fully saturated rings. The van der Waals surface area contributed by atoms with Crippen LogP contribution in [0.1, 0.15) is 53.4 Å². The second-order valence-corrected chi connectivity index (χ2v) is 5.81. The van der Waals surface area contributed by atoms with E-state index in [2.05, 4.69) is 18.7 Å². The molecule has 0 aromatic heterocycles. The number of halogens is 1. The Labute approximate surface area is 112 Å². The van der Waals surface area contributed by atoms with Gasteiger partial charge in [-0.05, 0) is 39.5 Å². The van der Waals surface area contributed by atoms with Crippen molar-refractivity contribution in [3.05, 3.63) is 0 Å². The second-order valence-electron chi connectivity index (χ2n) is 5.81. The maximum absolute atomic E-state index is 13.0. The molecule has 0 atom stereocenters. The molecule has 2 nitrogen and oxygen atoms in total. The first-order valence-corrected chi connectivity index (χ1v) is 7.58. The minimum absolute atomic E-state index is 0.328. The normalized spacial score (nSPS) is 23.7. The van der Waals surface area contributed by atoms with E-state index < -0.39 is 6.17 Å². The lowest BCUT2D eigenvalue weighted by Gasteiger charge is -2.32. The van der Waals surface area contributed by atoms with Crippen molar-refractivity contribution in [1.29, 1.82) is 0 Å². The fourth-order valence-corrected chi connectivity index (χ4v) is 2.40. The van der Waals surface area contributed by atoms with Crippen molar-refractivity contribution in [2.75, 3.05) is 26.2 Å². The Morgan fingerprint density at radius 2 is 1.78 bits per heavy atom. The zero-order chi connectivity index (χ0) is 13.6. The minimum atomic E-state index is -0.557. The van der Waals surface area contributed by atoms with Gasteiger partial charge >= 0.3 is 0 Å². The number of piperidine rings is 1. The van der Waals surface area contributed by atoms with Gasteiger partial charge in [0.05, 0.1) is 12.7 Å². The molecule has 1 aliphatic carbocycles. The third-order valence-electron chi connectivity index (χ3n) is 3.76. The van der Waals surface area contributed by atoms with Crippen LogP contribution in [-0.4, -0.2) is 43.4 Å². The first-order chi connectivity index (χ1) is 8.60. The number of nitrogens with zero attached hydrogens (tertiary/aromatic N) is 1. The molecule has 1 heterocycles. The first-order valence-electron chi connectivity index (χ1n) is 7.58. The van der Waals surface area contributed by atoms with Crippen LogP contribution in [0.3, 0.4) is 0 Å². The van der Waals surface area contributed by atoms with Gasteiger partial charge in [0.2, 0.25) is 0 Å². The molecule has 1 aliphatic heterocycles. The van der Waals surface area contributed by atoms with Gasteiger partial charge in [-0.1, -0.05) is 13.8 Å². The molecule has 0 unspecified atom stereocenters. The molecule has 0 spiro atoms. The van der Waals surface area contributed by atoms with Crippen LogP contribution >= 0.6 is 0 Å². The molecule has 2 aliphatic rings. The van der Waals surface area contributed by atoms with Crippen molar-refractivity contribution < 1.29 is 9.13 Å². The minimum Gasteiger partial charge on any atom is -0.378 e. The molecular formula is C15H30FNO. The molecule has 1 saturated heterocycles. The Bertz CT molecular complexity index is 221. The van der Waals surface area contributed by atoms with Gasteiger partial charge in [0.25, 0.3) is 0 Å². The maximum Gasteiger partial charge on any atom is 0.103 e. The molecule has 0 bridgehead atoms. The molecule has 2 rings (SSSR count). The first kappa shape index (κ1) is 15.9. The Hall–Kier alpha value is -0.150. The maximum atomic E-state index is 13.0. The van der Waals surface area contributed by atoms with E-state index in [-0.39, 0.29) is 0 Å². The van der Waals surface area contributed by atoms with E-state index in [0.717, 1.165) is 39.1 Å². The van der Waals surface area contributed by atoms with Crippen molar-refractivity contribution in [2.24, 2.45) is 5.41 Å². The van der Waals surface area contributed by atoms with Gasteiger partial charge < -0.3 is 9.64 Å². The molecule has 0 aromatic rings. The lowest BCUT2D eigenvalue weighted by molar-refractivity contribution is 0.0252. The van der Waals surface area contributed by atoms with Crippen LogP contribution in [0.2, 0.25) is 0 Å². The molecule has 3 heteroatoms. The fraction of sp³-hybridized carbons (Fsp3) is 1.00. The quantitative estimate of drug-likeness (QED) is 0.747. The van der Waals surface area contributed by atoms with Gasteiger partial charge in [0, 0.05) is 25.0 Å². The van der Waals surface area contributed by atoms with Gasteiger partial charge in [-0.2, -0.15) is 0 Å². The molecule has 0 radical (unpaired) electrons. The lowest BCUT2D eigenvalue weighted by atomic mass is 10.0. The summed E-state index contributed by atoms with van der Waals surface area (Å²) in [5.41, 5.74) is 0.410. The molecule has 108 valence electrons.